The van der Waals surface area contributed by atoms with Gasteiger partial charge in [0.2, 0.25) is 0 Å². The van der Waals surface area contributed by atoms with E-state index in [4.69, 9.17) is 25.9 Å². The van der Waals surface area contributed by atoms with Crippen LogP contribution in [-0.2, 0) is 19.1 Å². The average molecular weight is 431 g/mol. The minimum Gasteiger partial charge on any atom is -0.462 e. The summed E-state index contributed by atoms with van der Waals surface area (Å²) in [4.78, 5) is 25.6. The van der Waals surface area contributed by atoms with Gasteiger partial charge >= 0.3 is 11.9 Å². The molecule has 0 aromatic heterocycles. The Balaban J connectivity index is 2.15. The second kappa shape index (κ2) is 9.25. The maximum atomic E-state index is 13.5. The Bertz CT molecular complexity index is 1190. The molecule has 0 bridgehead atoms. The molecule has 1 N–H and O–H groups in total. The molecule has 0 amide bonds. The first kappa shape index (κ1) is 11.8. The molecule has 2 aliphatic carbocycles. The van der Waals surface area contributed by atoms with Crippen LogP contribution < -0.4 is 0 Å². The maximum Gasteiger partial charge on any atom is 0.311 e. The first-order valence-corrected chi connectivity index (χ1v) is 10.3. The monoisotopic (exact) mass is 430 g/mol. The van der Waals surface area contributed by atoms with Crippen LogP contribution in [0.3, 0.4) is 0 Å². The van der Waals surface area contributed by atoms with E-state index in [0.29, 0.717) is 0 Å². The van der Waals surface area contributed by atoms with Crippen molar-refractivity contribution in [2.75, 3.05) is 0 Å². The number of ether oxygens (including phenoxy) is 2. The second-order valence-corrected chi connectivity index (χ2v) is 8.39. The van der Waals surface area contributed by atoms with Crippen molar-refractivity contribution in [3.05, 3.63) is 23.7 Å². The summed E-state index contributed by atoms with van der Waals surface area (Å²) in [6.45, 7) is 2.13. The van der Waals surface area contributed by atoms with Crippen LogP contribution in [0.1, 0.15) is 89.4 Å². The summed E-state index contributed by atoms with van der Waals surface area (Å²) in [5.41, 5.74) is -2.32. The molecule has 168 valence electrons. The first-order chi connectivity index (χ1) is 18.8. The lowest BCUT2D eigenvalue weighted by atomic mass is 9.65. The Labute approximate surface area is 197 Å². The highest BCUT2D eigenvalue weighted by molar-refractivity contribution is 5.76. The van der Waals surface area contributed by atoms with Gasteiger partial charge in [-0.1, -0.05) is 38.9 Å². The number of hydrogen-bond acceptors (Lipinski definition) is 5. The van der Waals surface area contributed by atoms with Gasteiger partial charge in [-0.3, -0.25) is 9.59 Å². The van der Waals surface area contributed by atoms with E-state index in [1.54, 1.807) is 0 Å². The van der Waals surface area contributed by atoms with Crippen molar-refractivity contribution in [1.82, 2.24) is 0 Å². The molecule has 1 heterocycles. The van der Waals surface area contributed by atoms with Crippen molar-refractivity contribution in [1.29, 1.82) is 0 Å². The molecular weight excluding hydrogens is 380 g/mol. The van der Waals surface area contributed by atoms with Crippen LogP contribution in [0.5, 0.6) is 0 Å². The standard InChI is InChI=1S/C25H38O5/c1-6-25(4,5)24(28)30-21-12-15(2)11-17-8-7-16(3)20(23(17)21)10-9-19-13-18(26)14-22(27)29-19/h7-8,11,15-16,18-21,23,26H,6,9-10,12-14H2,1-5H3/t15-,16-,18+,19?,20-,21?,23-/m0/s1/i4D3,7D,8D,11D,12D2,14D2,15D,16D/t15-,16-,18+,19?,20-,21?,23-,25?. The summed E-state index contributed by atoms with van der Waals surface area (Å²) >= 11 is 0. The van der Waals surface area contributed by atoms with E-state index in [0.717, 1.165) is 13.8 Å². The van der Waals surface area contributed by atoms with Crippen LogP contribution in [0.2, 0.25) is 0 Å². The lowest BCUT2D eigenvalue weighted by molar-refractivity contribution is -0.166. The Kier molecular flexibility index (Phi) is 3.65. The summed E-state index contributed by atoms with van der Waals surface area (Å²) < 4.78 is 111. The Morgan fingerprint density at radius 2 is 2.27 bits per heavy atom. The Morgan fingerprint density at radius 1 is 1.50 bits per heavy atom. The molecule has 0 aromatic rings. The molecule has 0 radical (unpaired) electrons. The molecule has 5 heteroatoms. The molecular formula is C25H38O5. The van der Waals surface area contributed by atoms with Gasteiger partial charge < -0.3 is 14.6 Å². The minimum absolute atomic E-state index is 0.0838. The van der Waals surface area contributed by atoms with Crippen LogP contribution in [0, 0.1) is 29.0 Å². The van der Waals surface area contributed by atoms with Gasteiger partial charge in [-0.25, -0.2) is 0 Å². The molecule has 1 saturated heterocycles. The Hall–Kier alpha value is -1.62. The number of cyclic esters (lactones) is 1. The van der Waals surface area contributed by atoms with E-state index < -0.39 is 97.0 Å². The zero-order chi connectivity index (χ0) is 32.6. The zero-order valence-electron chi connectivity index (χ0n) is 29.8. The van der Waals surface area contributed by atoms with Gasteiger partial charge in [-0.2, -0.15) is 0 Å². The fourth-order valence-electron chi connectivity index (χ4n) is 3.94. The van der Waals surface area contributed by atoms with Crippen LogP contribution in [0.4, 0.5) is 0 Å². The SMILES string of the molecule is [2H]C1=C([2H])[C@]([2H])(C)[C@H](CCC2C[C@@H](O)C([2H])([2H])C(=O)O2)[C@@H]2C1=C([2H])[C@]([2H])(C)C([2H])([2H])C2OC(=O)C(C)(CC)C([2H])([2H])[2H]. The van der Waals surface area contributed by atoms with E-state index in [-0.39, 0.29) is 31.3 Å². The van der Waals surface area contributed by atoms with Crippen molar-refractivity contribution in [2.24, 2.45) is 29.0 Å². The van der Waals surface area contributed by atoms with E-state index in [2.05, 4.69) is 0 Å². The molecule has 1 fully saturated rings. The Morgan fingerprint density at radius 3 is 2.93 bits per heavy atom. The summed E-state index contributed by atoms with van der Waals surface area (Å²) in [6.07, 6.45) is -10.7. The number of aliphatic hydroxyl groups excluding tert-OH is 1. The van der Waals surface area contributed by atoms with Gasteiger partial charge in [0.15, 0.2) is 0 Å². The van der Waals surface area contributed by atoms with Crippen LogP contribution >= 0.6 is 0 Å². The van der Waals surface area contributed by atoms with Gasteiger partial charge in [-0.15, -0.1) is 0 Å². The van der Waals surface area contributed by atoms with Crippen LogP contribution in [0.25, 0.3) is 0 Å². The van der Waals surface area contributed by atoms with Gasteiger partial charge in [0, 0.05) is 24.7 Å². The third-order valence-electron chi connectivity index (χ3n) is 5.96. The highest BCUT2D eigenvalue weighted by Crippen LogP contribution is 2.45. The van der Waals surface area contributed by atoms with Crippen molar-refractivity contribution in [2.45, 2.75) is 91.3 Å². The van der Waals surface area contributed by atoms with Gasteiger partial charge in [-0.05, 0) is 62.7 Å². The summed E-state index contributed by atoms with van der Waals surface area (Å²) in [5, 5.41) is 10.2. The lowest BCUT2D eigenvalue weighted by Crippen LogP contribution is -2.43. The predicted molar refractivity (Wildman–Crippen MR) is 115 cm³/mol. The largest absolute Gasteiger partial charge is 0.462 e. The predicted octanol–water partition coefficient (Wildman–Crippen LogP) is 4.59. The van der Waals surface area contributed by atoms with Gasteiger partial charge in [0.25, 0.3) is 0 Å². The van der Waals surface area contributed by atoms with E-state index in [9.17, 15) is 14.7 Å². The third kappa shape index (κ3) is 5.16. The normalized spacial score (nSPS) is 53.6. The first-order valence-electron chi connectivity index (χ1n) is 16.3. The number of aliphatic hydroxyl groups is 1. The minimum atomic E-state index is -2.84. The van der Waals surface area contributed by atoms with Crippen molar-refractivity contribution in [3.8, 4) is 0 Å². The molecule has 8 atom stereocenters. The number of carbonyl (C=O) groups excluding carboxylic acids is 2. The quantitative estimate of drug-likeness (QED) is 0.624. The molecule has 1 aliphatic heterocycles. The molecule has 0 spiro atoms. The summed E-state index contributed by atoms with van der Waals surface area (Å²) in [6, 6.07) is -1.75. The number of rotatable bonds is 6. The van der Waals surface area contributed by atoms with Crippen molar-refractivity contribution in [3.63, 3.8) is 0 Å². The highest BCUT2D eigenvalue weighted by atomic mass is 16.6. The molecule has 3 rings (SSSR count). The smallest absolute Gasteiger partial charge is 0.311 e. The number of carbonyl (C=O) groups is 2. The number of fused-ring (bicyclic) bond motifs is 1. The van der Waals surface area contributed by atoms with E-state index in [1.807, 2.05) is 0 Å². The van der Waals surface area contributed by atoms with Gasteiger partial charge in [0.1, 0.15) is 12.2 Å². The van der Waals surface area contributed by atoms with Crippen LogP contribution in [-0.4, -0.2) is 35.4 Å². The number of esters is 2. The lowest BCUT2D eigenvalue weighted by Gasteiger charge is -2.44. The van der Waals surface area contributed by atoms with E-state index >= 15 is 0 Å². The number of hydrogen-bond donors (Lipinski definition) is 1. The number of allylic oxidation sites excluding steroid dienone is 3. The van der Waals surface area contributed by atoms with Crippen LogP contribution in [0.15, 0.2) is 23.7 Å². The topological polar surface area (TPSA) is 72.8 Å². The fourth-order valence-corrected chi connectivity index (χ4v) is 3.94. The maximum absolute atomic E-state index is 13.5. The molecule has 0 aromatic carbocycles. The van der Waals surface area contributed by atoms with E-state index in [1.165, 1.54) is 13.8 Å². The van der Waals surface area contributed by atoms with Crippen molar-refractivity contribution < 1.29 is 40.6 Å². The third-order valence-corrected chi connectivity index (χ3v) is 5.96. The molecule has 0 saturated carbocycles. The molecule has 30 heavy (non-hydrogen) atoms. The fraction of sp³-hybridized carbons (Fsp3) is 0.760. The zero-order valence-corrected chi connectivity index (χ0v) is 17.8. The summed E-state index contributed by atoms with van der Waals surface area (Å²) in [5.74, 6) is -9.45. The highest BCUT2D eigenvalue weighted by Gasteiger charge is 2.43. The molecule has 5 nitrogen and oxygen atoms in total. The summed E-state index contributed by atoms with van der Waals surface area (Å²) in [7, 11) is 0. The second-order valence-electron chi connectivity index (χ2n) is 8.39. The van der Waals surface area contributed by atoms with Gasteiger partial charge in [0.05, 0.1) is 22.0 Å². The van der Waals surface area contributed by atoms with Crippen molar-refractivity contribution >= 4 is 11.9 Å². The molecule has 3 unspecified atom stereocenters. The molecule has 3 aliphatic rings. The average Bonchev–Trinajstić information content (AvgIpc) is 2.86.